The van der Waals surface area contributed by atoms with Gasteiger partial charge in [-0.25, -0.2) is 0 Å². The van der Waals surface area contributed by atoms with E-state index in [2.05, 4.69) is 55.2 Å². The van der Waals surface area contributed by atoms with Gasteiger partial charge in [-0.3, -0.25) is 0 Å². The van der Waals surface area contributed by atoms with Crippen molar-refractivity contribution < 1.29 is 4.74 Å². The molecule has 4 rings (SSSR count). The third-order valence-electron chi connectivity index (χ3n) is 5.43. The van der Waals surface area contributed by atoms with Crippen molar-refractivity contribution in [3.8, 4) is 34.8 Å². The van der Waals surface area contributed by atoms with Crippen LogP contribution in [0.4, 0.5) is 0 Å². The number of halogens is 1. The Morgan fingerprint density at radius 2 is 1.84 bits per heavy atom. The van der Waals surface area contributed by atoms with Crippen LogP contribution in [-0.4, -0.2) is 0 Å². The zero-order chi connectivity index (χ0) is 22.5. The zero-order valence-electron chi connectivity index (χ0n) is 18.0. The highest BCUT2D eigenvalue weighted by molar-refractivity contribution is 7.23. The van der Waals surface area contributed by atoms with E-state index >= 15 is 0 Å². The van der Waals surface area contributed by atoms with Crippen LogP contribution < -0.4 is 4.74 Å². The molecule has 0 radical (unpaired) electrons. The van der Waals surface area contributed by atoms with Gasteiger partial charge in [0, 0.05) is 15.6 Å². The van der Waals surface area contributed by atoms with Crippen LogP contribution in [0.15, 0.2) is 66.7 Å². The monoisotopic (exact) mass is 455 g/mol. The van der Waals surface area contributed by atoms with Gasteiger partial charge in [0.1, 0.15) is 16.7 Å². The molecular weight excluding hydrogens is 434 g/mol. The number of rotatable bonds is 6. The van der Waals surface area contributed by atoms with E-state index in [1.807, 2.05) is 36.4 Å². The maximum absolute atomic E-state index is 9.02. The molecule has 2 nitrogen and oxygen atoms in total. The van der Waals surface area contributed by atoms with Crippen LogP contribution in [0.2, 0.25) is 4.34 Å². The van der Waals surface area contributed by atoms with Gasteiger partial charge >= 0.3 is 0 Å². The van der Waals surface area contributed by atoms with Gasteiger partial charge in [-0.2, -0.15) is 5.26 Å². The number of fused-ring (bicyclic) bond motifs is 1. The Balaban J connectivity index is 1.55. The topological polar surface area (TPSA) is 33.0 Å². The first kappa shape index (κ1) is 22.0. The number of nitriles is 1. The zero-order valence-corrected chi connectivity index (χ0v) is 19.6. The van der Waals surface area contributed by atoms with E-state index in [0.29, 0.717) is 13.0 Å². The third-order valence-corrected chi connectivity index (χ3v) is 6.81. The Labute approximate surface area is 198 Å². The number of aryl methyl sites for hydroxylation is 1. The molecule has 158 valence electrons. The molecule has 3 aromatic carbocycles. The molecule has 0 aliphatic heterocycles. The summed E-state index contributed by atoms with van der Waals surface area (Å²) in [5.74, 6) is 6.73. The average Bonchev–Trinajstić information content (AvgIpc) is 3.13. The minimum atomic E-state index is -0.0651. The highest BCUT2D eigenvalue weighted by atomic mass is 35.5. The molecule has 1 aromatic heterocycles. The first-order valence-corrected chi connectivity index (χ1v) is 11.6. The number of thiophene rings is 1. The van der Waals surface area contributed by atoms with E-state index in [4.69, 9.17) is 21.6 Å². The lowest BCUT2D eigenvalue weighted by Gasteiger charge is -2.10. The van der Waals surface area contributed by atoms with Gasteiger partial charge in [0.25, 0.3) is 0 Å². The fourth-order valence-corrected chi connectivity index (χ4v) is 5.16. The summed E-state index contributed by atoms with van der Waals surface area (Å²) >= 11 is 8.25. The van der Waals surface area contributed by atoms with E-state index in [9.17, 15) is 0 Å². The van der Waals surface area contributed by atoms with Crippen LogP contribution >= 0.6 is 22.9 Å². The Morgan fingerprint density at radius 3 is 2.56 bits per heavy atom. The van der Waals surface area contributed by atoms with Crippen molar-refractivity contribution in [2.75, 3.05) is 0 Å². The van der Waals surface area contributed by atoms with Gasteiger partial charge in [-0.15, -0.1) is 17.3 Å². The molecule has 0 N–H and O–H groups in total. The first-order valence-electron chi connectivity index (χ1n) is 10.4. The van der Waals surface area contributed by atoms with E-state index in [1.165, 1.54) is 15.8 Å². The standard InChI is InChI=1S/C28H22ClNOS/c1-3-6-21(15-16-30)22-10-12-23(13-11-22)31-18-20-9-14-26-25(17-20)27(28(29)32-26)24-8-5-4-7-19(24)2/h4-5,7-14,17,21H,15,18H2,1-2H3/t21-/m0/s1. The molecule has 0 aliphatic carbocycles. The first-order chi connectivity index (χ1) is 15.6. The smallest absolute Gasteiger partial charge is 0.119 e. The summed E-state index contributed by atoms with van der Waals surface area (Å²) < 4.78 is 8.02. The molecular formula is C28H22ClNOS. The van der Waals surface area contributed by atoms with Gasteiger partial charge in [-0.05, 0) is 60.4 Å². The normalized spacial score (nSPS) is 11.4. The molecule has 0 unspecified atom stereocenters. The number of benzene rings is 3. The van der Waals surface area contributed by atoms with E-state index in [0.717, 1.165) is 32.2 Å². The fourth-order valence-electron chi connectivity index (χ4n) is 3.79. The lowest BCUT2D eigenvalue weighted by atomic mass is 9.97. The van der Waals surface area contributed by atoms with Gasteiger partial charge in [0.2, 0.25) is 0 Å². The van der Waals surface area contributed by atoms with Crippen molar-refractivity contribution in [2.45, 2.75) is 32.8 Å². The number of hydrogen-bond donors (Lipinski definition) is 0. The largest absolute Gasteiger partial charge is 0.489 e. The van der Waals surface area contributed by atoms with Crippen molar-refractivity contribution in [1.82, 2.24) is 0 Å². The highest BCUT2D eigenvalue weighted by Crippen LogP contribution is 2.43. The predicted molar refractivity (Wildman–Crippen MR) is 134 cm³/mol. The molecule has 32 heavy (non-hydrogen) atoms. The lowest BCUT2D eigenvalue weighted by molar-refractivity contribution is 0.306. The minimum Gasteiger partial charge on any atom is -0.489 e. The second-order valence-corrected chi connectivity index (χ2v) is 9.22. The molecule has 0 amide bonds. The van der Waals surface area contributed by atoms with Gasteiger partial charge in [0.05, 0.1) is 18.4 Å². The van der Waals surface area contributed by atoms with Crippen molar-refractivity contribution in [3.05, 3.63) is 87.8 Å². The molecule has 0 saturated heterocycles. The van der Waals surface area contributed by atoms with Crippen LogP contribution in [0.1, 0.15) is 36.0 Å². The maximum atomic E-state index is 9.02. The molecule has 0 fully saturated rings. The molecule has 0 bridgehead atoms. The molecule has 0 spiro atoms. The summed E-state index contributed by atoms with van der Waals surface area (Å²) in [6, 6.07) is 24.8. The molecule has 0 aliphatic rings. The number of ether oxygens (including phenoxy) is 1. The average molecular weight is 456 g/mol. The van der Waals surface area contributed by atoms with Gasteiger partial charge < -0.3 is 4.74 Å². The van der Waals surface area contributed by atoms with Crippen LogP contribution in [0, 0.1) is 30.1 Å². The summed E-state index contributed by atoms with van der Waals surface area (Å²) in [5.41, 5.74) is 5.59. The highest BCUT2D eigenvalue weighted by Gasteiger charge is 2.15. The lowest BCUT2D eigenvalue weighted by Crippen LogP contribution is -1.97. The quantitative estimate of drug-likeness (QED) is 0.275. The second kappa shape index (κ2) is 9.92. The Bertz CT molecular complexity index is 1350. The van der Waals surface area contributed by atoms with Gasteiger partial charge in [0.15, 0.2) is 0 Å². The fraction of sp³-hybridized carbons (Fsp3) is 0.179. The molecule has 4 heteroatoms. The molecule has 4 aromatic rings. The van der Waals surface area contributed by atoms with Crippen LogP contribution in [0.5, 0.6) is 5.75 Å². The maximum Gasteiger partial charge on any atom is 0.119 e. The van der Waals surface area contributed by atoms with Crippen LogP contribution in [0.25, 0.3) is 21.2 Å². The third kappa shape index (κ3) is 4.66. The van der Waals surface area contributed by atoms with Crippen LogP contribution in [0.3, 0.4) is 0 Å². The molecule has 1 atom stereocenters. The number of nitrogens with zero attached hydrogens (tertiary/aromatic N) is 1. The van der Waals surface area contributed by atoms with Crippen molar-refractivity contribution in [2.24, 2.45) is 0 Å². The van der Waals surface area contributed by atoms with Gasteiger partial charge in [-0.1, -0.05) is 60.0 Å². The van der Waals surface area contributed by atoms with E-state index in [1.54, 1.807) is 18.3 Å². The second-order valence-electron chi connectivity index (χ2n) is 7.56. The minimum absolute atomic E-state index is 0.0651. The summed E-state index contributed by atoms with van der Waals surface area (Å²) in [6.45, 7) is 4.37. The Kier molecular flexibility index (Phi) is 6.81. The predicted octanol–water partition coefficient (Wildman–Crippen LogP) is 8.13. The number of hydrogen-bond acceptors (Lipinski definition) is 3. The summed E-state index contributed by atoms with van der Waals surface area (Å²) in [4.78, 5) is 0. The summed E-state index contributed by atoms with van der Waals surface area (Å²) in [5, 5.41) is 10.2. The van der Waals surface area contributed by atoms with Crippen molar-refractivity contribution >= 4 is 33.0 Å². The SMILES string of the molecule is CC#C[C@@H](CC#N)c1ccc(OCc2ccc3sc(Cl)c(-c4ccccc4C)c3c2)cc1. The van der Waals surface area contributed by atoms with E-state index in [-0.39, 0.29) is 5.92 Å². The van der Waals surface area contributed by atoms with Crippen molar-refractivity contribution in [3.63, 3.8) is 0 Å². The van der Waals surface area contributed by atoms with Crippen molar-refractivity contribution in [1.29, 1.82) is 5.26 Å². The van der Waals surface area contributed by atoms with E-state index < -0.39 is 0 Å². The van der Waals surface area contributed by atoms with Crippen LogP contribution in [-0.2, 0) is 6.61 Å². The Hall–Kier alpha value is -3.24. The Morgan fingerprint density at radius 1 is 1.06 bits per heavy atom. The summed E-state index contributed by atoms with van der Waals surface area (Å²) in [6.07, 6.45) is 0.382. The summed E-state index contributed by atoms with van der Waals surface area (Å²) in [7, 11) is 0. The molecule has 1 heterocycles. The molecule has 0 saturated carbocycles.